The van der Waals surface area contributed by atoms with E-state index in [2.05, 4.69) is 5.32 Å². The Kier molecular flexibility index (Phi) is 8.36. The smallest absolute Gasteiger partial charge is 0.360 e. The lowest BCUT2D eigenvalue weighted by molar-refractivity contribution is -0.306. The average molecular weight is 554 g/mol. The number of methoxy groups -OCH3 is 1. The van der Waals surface area contributed by atoms with Gasteiger partial charge in [-0.3, -0.25) is 4.79 Å². The summed E-state index contributed by atoms with van der Waals surface area (Å²) in [5.74, 6) is -0.167. The summed E-state index contributed by atoms with van der Waals surface area (Å²) in [4.78, 5) is 25.7. The first kappa shape index (κ1) is 29.3. The van der Waals surface area contributed by atoms with Gasteiger partial charge < -0.3 is 39.3 Å². The number of aliphatic hydroxyl groups is 2. The minimum Gasteiger partial charge on any atom is -0.508 e. The molecule has 4 rings (SSSR count). The molecule has 40 heavy (non-hydrogen) atoms. The molecule has 0 aliphatic carbocycles. The molecule has 3 aromatic rings. The van der Waals surface area contributed by atoms with Gasteiger partial charge in [-0.2, -0.15) is 0 Å². The average Bonchev–Trinajstić information content (AvgIpc) is 2.89. The Morgan fingerprint density at radius 1 is 1.12 bits per heavy atom. The molecule has 0 unspecified atom stereocenters. The monoisotopic (exact) mass is 553 g/mol. The Bertz CT molecular complexity index is 1500. The molecule has 2 heterocycles. The van der Waals surface area contributed by atoms with Crippen LogP contribution < -0.4 is 15.7 Å². The number of anilines is 1. The number of fused-ring (bicyclic) bond motifs is 1. The molecular weight excluding hydrogens is 518 g/mol. The van der Waals surface area contributed by atoms with Crippen molar-refractivity contribution in [2.24, 2.45) is 0 Å². The van der Waals surface area contributed by atoms with Crippen molar-refractivity contribution < 1.29 is 38.7 Å². The van der Waals surface area contributed by atoms with Gasteiger partial charge in [-0.05, 0) is 83.0 Å². The highest BCUT2D eigenvalue weighted by Crippen LogP contribution is 2.35. The number of aliphatic hydroxyl groups excluding tert-OH is 2. The Hall–Kier alpha value is -3.70. The summed E-state index contributed by atoms with van der Waals surface area (Å²) in [6.07, 6.45) is -2.21. The van der Waals surface area contributed by atoms with Crippen molar-refractivity contribution >= 4 is 22.6 Å². The van der Waals surface area contributed by atoms with Crippen molar-refractivity contribution in [1.29, 1.82) is 0 Å². The number of phenols is 1. The number of nitrogens with one attached hydrogen (secondary N) is 1. The zero-order valence-corrected chi connectivity index (χ0v) is 23.3. The number of benzene rings is 2. The summed E-state index contributed by atoms with van der Waals surface area (Å²) >= 11 is 0. The number of phenolic OH excluding ortho intramolecular Hbond substituents is 1. The first-order valence-corrected chi connectivity index (χ1v) is 12.9. The Morgan fingerprint density at radius 2 is 1.85 bits per heavy atom. The minimum absolute atomic E-state index is 0.0500. The second kappa shape index (κ2) is 11.4. The molecule has 1 aliphatic rings. The van der Waals surface area contributed by atoms with Gasteiger partial charge in [0, 0.05) is 23.6 Å². The van der Waals surface area contributed by atoms with E-state index in [9.17, 15) is 24.9 Å². The number of amides is 1. The summed E-state index contributed by atoms with van der Waals surface area (Å²) in [5, 5.41) is 34.3. The van der Waals surface area contributed by atoms with E-state index < -0.39 is 41.7 Å². The van der Waals surface area contributed by atoms with Crippen molar-refractivity contribution in [2.45, 2.75) is 71.2 Å². The molecule has 1 aliphatic heterocycles. The zero-order chi connectivity index (χ0) is 29.4. The van der Waals surface area contributed by atoms with E-state index in [1.165, 1.54) is 25.3 Å². The number of carbonyl (C=O) groups is 1. The number of rotatable bonds is 7. The van der Waals surface area contributed by atoms with Crippen molar-refractivity contribution in [3.63, 3.8) is 0 Å². The SMILES string of the molecule is CO[C@@H]1[C@@H](O)[C@H](O)[C@H](Oc2ccc3cc(NC(=O)c4ccc(O)c(CC=C(C)C)c4)c(=O)oc3c2C)OC1(C)C. The molecule has 1 fully saturated rings. The van der Waals surface area contributed by atoms with E-state index in [0.717, 1.165) is 5.57 Å². The lowest BCUT2D eigenvalue weighted by Gasteiger charge is -2.46. The maximum Gasteiger partial charge on any atom is 0.360 e. The number of aryl methyl sites for hydroxylation is 1. The third-order valence-electron chi connectivity index (χ3n) is 6.96. The summed E-state index contributed by atoms with van der Waals surface area (Å²) in [6, 6.07) is 9.26. The first-order chi connectivity index (χ1) is 18.8. The molecule has 10 heteroatoms. The lowest BCUT2D eigenvalue weighted by atomic mass is 9.89. The van der Waals surface area contributed by atoms with Crippen LogP contribution in [-0.2, 0) is 15.9 Å². The summed E-state index contributed by atoms with van der Waals surface area (Å²) in [7, 11) is 1.42. The summed E-state index contributed by atoms with van der Waals surface area (Å²) in [6.45, 7) is 9.00. The van der Waals surface area contributed by atoms with Crippen LogP contribution in [0.2, 0.25) is 0 Å². The van der Waals surface area contributed by atoms with E-state index in [4.69, 9.17) is 18.6 Å². The maximum atomic E-state index is 12.9. The first-order valence-electron chi connectivity index (χ1n) is 12.9. The van der Waals surface area contributed by atoms with Gasteiger partial charge in [0.15, 0.2) is 0 Å². The quantitative estimate of drug-likeness (QED) is 0.253. The van der Waals surface area contributed by atoms with Crippen LogP contribution in [0.3, 0.4) is 0 Å². The molecule has 4 atom stereocenters. The molecule has 4 N–H and O–H groups in total. The normalized spacial score (nSPS) is 22.1. The van der Waals surface area contributed by atoms with Crippen LogP contribution in [0, 0.1) is 6.92 Å². The van der Waals surface area contributed by atoms with Crippen LogP contribution in [0.4, 0.5) is 5.69 Å². The highest BCUT2D eigenvalue weighted by molar-refractivity contribution is 6.05. The number of ether oxygens (including phenoxy) is 3. The maximum absolute atomic E-state index is 12.9. The largest absolute Gasteiger partial charge is 0.508 e. The molecular formula is C30H35NO9. The van der Waals surface area contributed by atoms with Gasteiger partial charge in [0.2, 0.25) is 6.29 Å². The topological polar surface area (TPSA) is 148 Å². The standard InChI is InChI=1S/C30H35NO9/c1-15(2)7-8-17-13-19(9-11-21(17)32)27(35)31-20-14-18-10-12-22(16(3)25(18)39-28(20)36)38-29-24(34)23(33)26(37-6)30(4,5)40-29/h7,9-14,23-24,26,29,32-34H,8H2,1-6H3,(H,31,35)/t23-,24-,26+,29+/m0/s1. The fourth-order valence-corrected chi connectivity index (χ4v) is 4.75. The van der Waals surface area contributed by atoms with Crippen LogP contribution in [0.5, 0.6) is 11.5 Å². The third-order valence-corrected chi connectivity index (χ3v) is 6.96. The summed E-state index contributed by atoms with van der Waals surface area (Å²) < 4.78 is 22.6. The predicted molar refractivity (Wildman–Crippen MR) is 149 cm³/mol. The van der Waals surface area contributed by atoms with Crippen LogP contribution in [0.15, 0.2) is 57.3 Å². The fraction of sp³-hybridized carbons (Fsp3) is 0.400. The van der Waals surface area contributed by atoms with Crippen molar-refractivity contribution in [3.05, 3.63) is 75.2 Å². The minimum atomic E-state index is -1.39. The van der Waals surface area contributed by atoms with Crippen molar-refractivity contribution in [3.8, 4) is 11.5 Å². The van der Waals surface area contributed by atoms with Gasteiger partial charge in [-0.15, -0.1) is 0 Å². The molecule has 0 bridgehead atoms. The number of aromatic hydroxyl groups is 1. The van der Waals surface area contributed by atoms with Gasteiger partial charge in [-0.25, -0.2) is 4.79 Å². The van der Waals surface area contributed by atoms with Gasteiger partial charge in [0.05, 0.1) is 5.60 Å². The van der Waals surface area contributed by atoms with Crippen molar-refractivity contribution in [2.75, 3.05) is 12.4 Å². The van der Waals surface area contributed by atoms with Gasteiger partial charge in [0.1, 0.15) is 41.1 Å². The molecule has 10 nitrogen and oxygen atoms in total. The fourth-order valence-electron chi connectivity index (χ4n) is 4.75. The third kappa shape index (κ3) is 5.90. The molecule has 2 aromatic carbocycles. The Labute approximate surface area is 231 Å². The molecule has 1 amide bonds. The predicted octanol–water partition coefficient (Wildman–Crippen LogP) is 3.82. The molecule has 0 saturated carbocycles. The van der Waals surface area contributed by atoms with Gasteiger partial charge in [-0.1, -0.05) is 11.6 Å². The van der Waals surface area contributed by atoms with E-state index in [0.29, 0.717) is 22.9 Å². The van der Waals surface area contributed by atoms with E-state index >= 15 is 0 Å². The summed E-state index contributed by atoms with van der Waals surface area (Å²) in [5.41, 5.74) is 0.872. The van der Waals surface area contributed by atoms with Crippen LogP contribution in [-0.4, -0.2) is 58.5 Å². The van der Waals surface area contributed by atoms with Crippen molar-refractivity contribution in [1.82, 2.24) is 0 Å². The van der Waals surface area contributed by atoms with Gasteiger partial charge in [0.25, 0.3) is 5.91 Å². The Balaban J connectivity index is 1.57. The Morgan fingerprint density at radius 3 is 2.52 bits per heavy atom. The molecule has 0 radical (unpaired) electrons. The second-order valence-electron chi connectivity index (χ2n) is 10.7. The molecule has 1 saturated heterocycles. The van der Waals surface area contributed by atoms with Crippen LogP contribution >= 0.6 is 0 Å². The van der Waals surface area contributed by atoms with Crippen LogP contribution in [0.1, 0.15) is 49.2 Å². The molecule has 1 aromatic heterocycles. The number of hydrogen-bond acceptors (Lipinski definition) is 9. The van der Waals surface area contributed by atoms with E-state index in [1.807, 2.05) is 19.9 Å². The van der Waals surface area contributed by atoms with E-state index in [-0.39, 0.29) is 28.3 Å². The number of carbonyl (C=O) groups excluding carboxylic acids is 1. The zero-order valence-electron chi connectivity index (χ0n) is 23.3. The molecule has 0 spiro atoms. The van der Waals surface area contributed by atoms with E-state index in [1.54, 1.807) is 39.0 Å². The second-order valence-corrected chi connectivity index (χ2v) is 10.7. The number of hydrogen-bond donors (Lipinski definition) is 4. The number of allylic oxidation sites excluding steroid dienone is 2. The highest BCUT2D eigenvalue weighted by atomic mass is 16.7. The van der Waals surface area contributed by atoms with Crippen LogP contribution in [0.25, 0.3) is 11.0 Å². The van der Waals surface area contributed by atoms with Gasteiger partial charge >= 0.3 is 5.63 Å². The molecule has 214 valence electrons. The lowest BCUT2D eigenvalue weighted by Crippen LogP contribution is -2.63. The highest BCUT2D eigenvalue weighted by Gasteiger charge is 2.50.